The van der Waals surface area contributed by atoms with Gasteiger partial charge in [-0.05, 0) is 63.8 Å². The van der Waals surface area contributed by atoms with Crippen LogP contribution in [-0.4, -0.2) is 65.8 Å². The Morgan fingerprint density at radius 1 is 1.36 bits per heavy atom. The summed E-state index contributed by atoms with van der Waals surface area (Å²) in [7, 11) is -2.68. The van der Waals surface area contributed by atoms with E-state index >= 15 is 0 Å². The second kappa shape index (κ2) is 11.1. The molecule has 36 heavy (non-hydrogen) atoms. The molecule has 2 unspecified atom stereocenters. The average Bonchev–Trinajstić information content (AvgIpc) is 3.45. The average molecular weight is 523 g/mol. The first-order valence-corrected chi connectivity index (χ1v) is 13.4. The fraction of sp³-hybridized carbons (Fsp3) is 0.560. The molecule has 1 saturated heterocycles. The molecule has 4 rings (SSSR count). The highest BCUT2D eigenvalue weighted by Gasteiger charge is 2.23. The second-order valence-corrected chi connectivity index (χ2v) is 10.5. The lowest BCUT2D eigenvalue weighted by atomic mass is 10.1. The third-order valence-corrected chi connectivity index (χ3v) is 7.44. The minimum atomic E-state index is -4.24. The van der Waals surface area contributed by atoms with Gasteiger partial charge in [0, 0.05) is 27.8 Å². The van der Waals surface area contributed by atoms with Crippen LogP contribution in [0, 0.1) is 0 Å². The van der Waals surface area contributed by atoms with Gasteiger partial charge in [0.2, 0.25) is 10.0 Å². The number of fused-ring (bicyclic) bond motifs is 1. The van der Waals surface area contributed by atoms with Crippen molar-refractivity contribution in [3.05, 3.63) is 34.2 Å². The molecule has 0 radical (unpaired) electrons. The minimum Gasteiger partial charge on any atom is -0.493 e. The van der Waals surface area contributed by atoms with Crippen LogP contribution in [0.4, 0.5) is 0 Å². The summed E-state index contributed by atoms with van der Waals surface area (Å²) in [5, 5.41) is 4.29. The molecular weight excluding hydrogens is 480 g/mol. The van der Waals surface area contributed by atoms with Crippen LogP contribution in [0.15, 0.2) is 27.9 Å². The summed E-state index contributed by atoms with van der Waals surface area (Å²) >= 11 is 0. The maximum absolute atomic E-state index is 13.4. The SMILES string of the molecule is [2H]C(CC1CCCN1C([2H])([2H])[2H])NS(=O)(=O)c1ccc(OCCC)c(-c2nc3c(CC([2H])([2H])C)nn(C)c3c(=O)[nH]2)c1. The van der Waals surface area contributed by atoms with E-state index in [0.717, 1.165) is 0 Å². The van der Waals surface area contributed by atoms with Crippen molar-refractivity contribution in [3.8, 4) is 17.1 Å². The van der Waals surface area contributed by atoms with Gasteiger partial charge in [0.1, 0.15) is 17.1 Å². The number of benzene rings is 1. The number of rotatable bonds is 11. The fourth-order valence-corrected chi connectivity index (χ4v) is 5.27. The van der Waals surface area contributed by atoms with Crippen LogP contribution in [0.1, 0.15) is 59.8 Å². The second-order valence-electron chi connectivity index (χ2n) is 8.77. The molecule has 196 valence electrons. The van der Waals surface area contributed by atoms with Crippen LogP contribution in [0.2, 0.25) is 0 Å². The molecule has 0 aliphatic carbocycles. The Morgan fingerprint density at radius 3 is 2.94 bits per heavy atom. The predicted molar refractivity (Wildman–Crippen MR) is 140 cm³/mol. The molecule has 11 heteroatoms. The Labute approximate surface area is 220 Å². The fourth-order valence-electron chi connectivity index (χ4n) is 4.30. The summed E-state index contributed by atoms with van der Waals surface area (Å²) in [6, 6.07) is 3.62. The van der Waals surface area contributed by atoms with Gasteiger partial charge in [-0.25, -0.2) is 18.1 Å². The van der Waals surface area contributed by atoms with Crippen molar-refractivity contribution in [2.24, 2.45) is 7.05 Å². The first-order chi connectivity index (χ1) is 19.5. The van der Waals surface area contributed by atoms with Gasteiger partial charge in [0.15, 0.2) is 5.52 Å². The van der Waals surface area contributed by atoms with Crippen molar-refractivity contribution in [3.63, 3.8) is 0 Å². The highest BCUT2D eigenvalue weighted by Crippen LogP contribution is 2.31. The molecular formula is C25H36N6O4S. The number of aromatic nitrogens is 4. The van der Waals surface area contributed by atoms with E-state index in [2.05, 4.69) is 19.8 Å². The van der Waals surface area contributed by atoms with Crippen LogP contribution in [0.3, 0.4) is 0 Å². The smallest absolute Gasteiger partial charge is 0.277 e. The van der Waals surface area contributed by atoms with Crippen LogP contribution in [0.5, 0.6) is 5.75 Å². The van der Waals surface area contributed by atoms with Gasteiger partial charge in [-0.3, -0.25) is 9.48 Å². The van der Waals surface area contributed by atoms with Gasteiger partial charge >= 0.3 is 0 Å². The maximum Gasteiger partial charge on any atom is 0.277 e. The summed E-state index contributed by atoms with van der Waals surface area (Å²) < 4.78 is 83.6. The molecule has 0 bridgehead atoms. The normalized spacial score (nSPS) is 20.8. The van der Waals surface area contributed by atoms with Gasteiger partial charge in [-0.2, -0.15) is 5.10 Å². The number of sulfonamides is 1. The number of hydrogen-bond acceptors (Lipinski definition) is 7. The molecule has 0 saturated carbocycles. The van der Waals surface area contributed by atoms with Gasteiger partial charge in [0.25, 0.3) is 5.56 Å². The predicted octanol–water partition coefficient (Wildman–Crippen LogP) is 2.83. The zero-order valence-electron chi connectivity index (χ0n) is 26.7. The van der Waals surface area contributed by atoms with E-state index in [1.54, 1.807) is 7.05 Å². The van der Waals surface area contributed by atoms with E-state index in [9.17, 15) is 13.2 Å². The number of aryl methyl sites for hydroxylation is 2. The zero-order chi connectivity index (χ0) is 31.0. The maximum atomic E-state index is 13.4. The Morgan fingerprint density at radius 2 is 2.19 bits per heavy atom. The van der Waals surface area contributed by atoms with Gasteiger partial charge < -0.3 is 14.6 Å². The van der Waals surface area contributed by atoms with Crippen molar-refractivity contribution in [1.82, 2.24) is 29.4 Å². The molecule has 1 aliphatic heterocycles. The molecule has 3 heterocycles. The summed E-state index contributed by atoms with van der Waals surface area (Å²) in [6.45, 7) is 0.364. The molecule has 2 aromatic heterocycles. The van der Waals surface area contributed by atoms with Crippen molar-refractivity contribution in [2.75, 3.05) is 26.6 Å². The van der Waals surface area contributed by atoms with E-state index in [-0.39, 0.29) is 51.6 Å². The summed E-state index contributed by atoms with van der Waals surface area (Å²) in [5.74, 6) is 0.291. The van der Waals surface area contributed by atoms with Crippen molar-refractivity contribution < 1.29 is 21.4 Å². The number of likely N-dealkylation sites (tertiary alicyclic amines) is 1. The lowest BCUT2D eigenvalue weighted by Gasteiger charge is -2.19. The van der Waals surface area contributed by atoms with E-state index < -0.39 is 41.5 Å². The molecule has 1 fully saturated rings. The van der Waals surface area contributed by atoms with Crippen LogP contribution in [-0.2, 0) is 23.5 Å². The van der Waals surface area contributed by atoms with Crippen molar-refractivity contribution in [1.29, 1.82) is 0 Å². The van der Waals surface area contributed by atoms with Gasteiger partial charge in [-0.15, -0.1) is 0 Å². The Bertz CT molecular complexity index is 1600. The molecule has 2 atom stereocenters. The lowest BCUT2D eigenvalue weighted by molar-refractivity contribution is 0.297. The van der Waals surface area contributed by atoms with E-state index in [1.807, 2.05) is 6.92 Å². The first-order valence-electron chi connectivity index (χ1n) is 15.0. The molecule has 2 N–H and O–H groups in total. The number of ether oxygens (including phenoxy) is 1. The Hall–Kier alpha value is -2.76. The third kappa shape index (κ3) is 5.47. The summed E-state index contributed by atoms with van der Waals surface area (Å²) in [4.78, 5) is 21.5. The molecule has 3 aromatic rings. The molecule has 1 aromatic carbocycles. The Kier molecular flexibility index (Phi) is 5.97. The van der Waals surface area contributed by atoms with E-state index in [0.29, 0.717) is 32.4 Å². The standard InChI is InChI=1S/C25H36N6O4S/c1-5-8-20-22-23(31(4)29-20)25(32)28-24(27-22)19-16-18(10-11-21(19)35-15-6-2)36(33,34)26-13-12-17-9-7-14-30(17)3/h10-11,16-17,26H,5-9,12-15H2,1-4H3,(H,27,28,32)/i3D3,5D2,13D. The number of aromatic amines is 1. The van der Waals surface area contributed by atoms with Crippen LogP contribution >= 0.6 is 0 Å². The van der Waals surface area contributed by atoms with E-state index in [4.69, 9.17) is 13.0 Å². The molecule has 0 spiro atoms. The molecule has 10 nitrogen and oxygen atoms in total. The first kappa shape index (κ1) is 19.4. The van der Waals surface area contributed by atoms with Gasteiger partial charge in [-0.1, -0.05) is 20.2 Å². The highest BCUT2D eigenvalue weighted by atomic mass is 32.2. The van der Waals surface area contributed by atoms with Crippen molar-refractivity contribution in [2.45, 2.75) is 63.3 Å². The number of nitrogens with zero attached hydrogens (tertiary/aromatic N) is 4. The number of hydrogen-bond donors (Lipinski definition) is 2. The van der Waals surface area contributed by atoms with Crippen LogP contribution < -0.4 is 15.0 Å². The minimum absolute atomic E-state index is 0.00240. The summed E-state index contributed by atoms with van der Waals surface area (Å²) in [5.41, 5.74) is 0.266. The monoisotopic (exact) mass is 522 g/mol. The highest BCUT2D eigenvalue weighted by molar-refractivity contribution is 7.89. The van der Waals surface area contributed by atoms with Crippen molar-refractivity contribution >= 4 is 21.1 Å². The van der Waals surface area contributed by atoms with E-state index in [1.165, 1.54) is 34.7 Å². The summed E-state index contributed by atoms with van der Waals surface area (Å²) in [6.07, 6.45) is 0.165. The largest absolute Gasteiger partial charge is 0.493 e. The zero-order valence-corrected chi connectivity index (χ0v) is 21.5. The molecule has 0 amide bonds. The third-order valence-electron chi connectivity index (χ3n) is 6.09. The molecule has 1 aliphatic rings. The lowest BCUT2D eigenvalue weighted by Crippen LogP contribution is -2.31. The number of nitrogens with one attached hydrogen (secondary N) is 2. The topological polar surface area (TPSA) is 122 Å². The van der Waals surface area contributed by atoms with Gasteiger partial charge in [0.05, 0.1) is 22.8 Å². The van der Waals surface area contributed by atoms with Crippen LogP contribution in [0.25, 0.3) is 22.4 Å². The quantitative estimate of drug-likeness (QED) is 0.397. The number of H-pyrrole nitrogens is 1. The Balaban J connectivity index is 1.71.